The zero-order valence-electron chi connectivity index (χ0n) is 14.0. The number of hydrogen-bond acceptors (Lipinski definition) is 4. The molecule has 1 saturated carbocycles. The summed E-state index contributed by atoms with van der Waals surface area (Å²) >= 11 is 0. The monoisotopic (exact) mass is 338 g/mol. The van der Waals surface area contributed by atoms with Crippen molar-refractivity contribution in [2.24, 2.45) is 5.92 Å². The van der Waals surface area contributed by atoms with Gasteiger partial charge in [0, 0.05) is 38.9 Å². The number of aromatic nitrogens is 2. The molecule has 8 heteroatoms. The normalized spacial score (nSPS) is 25.8. The fourth-order valence-electron chi connectivity index (χ4n) is 3.24. The lowest BCUT2D eigenvalue weighted by Gasteiger charge is -2.39. The van der Waals surface area contributed by atoms with Crippen LogP contribution in [0.2, 0.25) is 0 Å². The number of halogens is 1. The van der Waals surface area contributed by atoms with Gasteiger partial charge in [-0.05, 0) is 19.8 Å². The van der Waals surface area contributed by atoms with Crippen LogP contribution in [0.4, 0.5) is 4.39 Å². The van der Waals surface area contributed by atoms with E-state index in [1.165, 1.54) is 0 Å². The largest absolute Gasteiger partial charge is 0.383 e. The molecule has 1 aliphatic carbocycles. The van der Waals surface area contributed by atoms with Crippen molar-refractivity contribution in [1.29, 1.82) is 0 Å². The van der Waals surface area contributed by atoms with Crippen LogP contribution in [-0.2, 0) is 16.1 Å². The van der Waals surface area contributed by atoms with Crippen molar-refractivity contribution < 1.29 is 18.7 Å². The van der Waals surface area contributed by atoms with Gasteiger partial charge < -0.3 is 19.5 Å². The van der Waals surface area contributed by atoms with Gasteiger partial charge in [-0.3, -0.25) is 9.59 Å². The van der Waals surface area contributed by atoms with Gasteiger partial charge in [0.2, 0.25) is 5.91 Å². The number of carbonyl (C=O) groups excluding carboxylic acids is 2. The summed E-state index contributed by atoms with van der Waals surface area (Å²) in [5.74, 6) is 0.235. The highest BCUT2D eigenvalue weighted by molar-refractivity contribution is 5.92. The Morgan fingerprint density at radius 3 is 2.83 bits per heavy atom. The van der Waals surface area contributed by atoms with E-state index in [1.54, 1.807) is 18.2 Å². The number of nitrogens with one attached hydrogen (secondary N) is 1. The van der Waals surface area contributed by atoms with Crippen molar-refractivity contribution in [2.45, 2.75) is 38.5 Å². The molecule has 0 spiro atoms. The molecule has 0 unspecified atom stereocenters. The molecular weight excluding hydrogens is 315 g/mol. The summed E-state index contributed by atoms with van der Waals surface area (Å²) in [4.78, 5) is 30.7. The molecule has 0 aromatic carbocycles. The average Bonchev–Trinajstić information content (AvgIpc) is 2.97. The molecule has 0 saturated heterocycles. The minimum atomic E-state index is -0.844. The Balaban J connectivity index is 1.68. The second kappa shape index (κ2) is 6.88. The number of ether oxygens (including phenoxy) is 1. The standard InChI is InChI=1S/C16H23FN4O3/c1-10-14-19-13(15(22)18-3-6-24-2)9-20(14)4-5-21(10)16(23)11-7-12(17)8-11/h9-12H,3-8H2,1-2H3,(H,18,22)/t10-,11?,12?/m1/s1. The summed E-state index contributed by atoms with van der Waals surface area (Å²) in [5, 5.41) is 2.74. The number of nitrogens with zero attached hydrogens (tertiary/aromatic N) is 3. The van der Waals surface area contributed by atoms with Crippen molar-refractivity contribution in [3.05, 3.63) is 17.7 Å². The first kappa shape index (κ1) is 16.9. The molecule has 2 amide bonds. The van der Waals surface area contributed by atoms with Crippen molar-refractivity contribution in [3.63, 3.8) is 0 Å². The number of carbonyl (C=O) groups is 2. The smallest absolute Gasteiger partial charge is 0.271 e. The van der Waals surface area contributed by atoms with E-state index in [0.29, 0.717) is 50.6 Å². The van der Waals surface area contributed by atoms with E-state index in [2.05, 4.69) is 10.3 Å². The van der Waals surface area contributed by atoms with Crippen molar-refractivity contribution in [1.82, 2.24) is 19.8 Å². The third kappa shape index (κ3) is 3.15. The Morgan fingerprint density at radius 1 is 1.42 bits per heavy atom. The molecule has 1 aliphatic heterocycles. The fraction of sp³-hybridized carbons (Fsp3) is 0.688. The van der Waals surface area contributed by atoms with E-state index < -0.39 is 6.17 Å². The number of imidazole rings is 1. The molecule has 0 bridgehead atoms. The van der Waals surface area contributed by atoms with Crippen LogP contribution in [0, 0.1) is 5.92 Å². The Kier molecular flexibility index (Phi) is 4.84. The third-order valence-corrected chi connectivity index (χ3v) is 4.77. The van der Waals surface area contributed by atoms with Crippen LogP contribution < -0.4 is 5.32 Å². The first-order chi connectivity index (χ1) is 11.5. The van der Waals surface area contributed by atoms with Gasteiger partial charge in [-0.2, -0.15) is 0 Å². The van der Waals surface area contributed by atoms with E-state index >= 15 is 0 Å². The molecule has 2 aliphatic rings. The van der Waals surface area contributed by atoms with Gasteiger partial charge in [0.25, 0.3) is 5.91 Å². The second-order valence-electron chi connectivity index (χ2n) is 6.40. The third-order valence-electron chi connectivity index (χ3n) is 4.77. The molecule has 132 valence electrons. The van der Waals surface area contributed by atoms with Crippen LogP contribution in [0.15, 0.2) is 6.20 Å². The molecule has 1 N–H and O–H groups in total. The first-order valence-electron chi connectivity index (χ1n) is 8.30. The predicted octanol–water partition coefficient (Wildman–Crippen LogP) is 0.911. The molecule has 3 rings (SSSR count). The molecule has 1 aromatic rings. The van der Waals surface area contributed by atoms with Gasteiger partial charge in [0.15, 0.2) is 0 Å². The van der Waals surface area contributed by atoms with Crippen molar-refractivity contribution in [2.75, 3.05) is 26.8 Å². The molecule has 1 atom stereocenters. The topological polar surface area (TPSA) is 76.5 Å². The average molecular weight is 338 g/mol. The first-order valence-corrected chi connectivity index (χ1v) is 8.30. The Bertz CT molecular complexity index is 627. The van der Waals surface area contributed by atoms with E-state index in [1.807, 2.05) is 11.5 Å². The highest BCUT2D eigenvalue weighted by Gasteiger charge is 2.40. The zero-order valence-corrected chi connectivity index (χ0v) is 14.0. The van der Waals surface area contributed by atoms with Gasteiger partial charge in [-0.25, -0.2) is 9.37 Å². The molecule has 1 aromatic heterocycles. The van der Waals surface area contributed by atoms with Crippen LogP contribution in [0.5, 0.6) is 0 Å². The maximum Gasteiger partial charge on any atom is 0.271 e. The number of alkyl halides is 1. The summed E-state index contributed by atoms with van der Waals surface area (Å²) in [6.07, 6.45) is 1.52. The Morgan fingerprint density at radius 2 is 2.17 bits per heavy atom. The summed E-state index contributed by atoms with van der Waals surface area (Å²) in [5.41, 5.74) is 0.342. The molecule has 24 heavy (non-hydrogen) atoms. The van der Waals surface area contributed by atoms with Crippen molar-refractivity contribution in [3.8, 4) is 0 Å². The maximum absolute atomic E-state index is 13.0. The van der Waals surface area contributed by atoms with Gasteiger partial charge in [0.1, 0.15) is 17.7 Å². The predicted molar refractivity (Wildman–Crippen MR) is 84.2 cm³/mol. The molecule has 1 fully saturated rings. The van der Waals surface area contributed by atoms with Crippen molar-refractivity contribution >= 4 is 11.8 Å². The SMILES string of the molecule is COCCNC(=O)c1cn2c(n1)[C@@H](C)N(C(=O)C1CC(F)C1)CC2. The lowest BCUT2D eigenvalue weighted by atomic mass is 9.82. The summed E-state index contributed by atoms with van der Waals surface area (Å²) in [7, 11) is 1.57. The van der Waals surface area contributed by atoms with Gasteiger partial charge in [-0.1, -0.05) is 0 Å². The summed E-state index contributed by atoms with van der Waals surface area (Å²) < 4.78 is 19.8. The van der Waals surface area contributed by atoms with E-state index in [4.69, 9.17) is 4.74 Å². The lowest BCUT2D eigenvalue weighted by molar-refractivity contribution is -0.143. The summed E-state index contributed by atoms with van der Waals surface area (Å²) in [6.45, 7) is 3.91. The van der Waals surface area contributed by atoms with E-state index in [0.717, 1.165) is 0 Å². The van der Waals surface area contributed by atoms with E-state index in [-0.39, 0.29) is 23.8 Å². The molecular formula is C16H23FN4O3. The van der Waals surface area contributed by atoms with Gasteiger partial charge in [0.05, 0.1) is 12.6 Å². The number of amides is 2. The molecule has 7 nitrogen and oxygen atoms in total. The number of rotatable bonds is 5. The van der Waals surface area contributed by atoms with Crippen LogP contribution in [0.3, 0.4) is 0 Å². The van der Waals surface area contributed by atoms with E-state index in [9.17, 15) is 14.0 Å². The van der Waals surface area contributed by atoms with Crippen LogP contribution in [-0.4, -0.2) is 59.2 Å². The molecule has 2 heterocycles. The van der Waals surface area contributed by atoms with Crippen LogP contribution in [0.1, 0.15) is 42.1 Å². The number of methoxy groups -OCH3 is 1. The fourth-order valence-corrected chi connectivity index (χ4v) is 3.24. The van der Waals surface area contributed by atoms with Crippen LogP contribution in [0.25, 0.3) is 0 Å². The molecule has 0 radical (unpaired) electrons. The minimum Gasteiger partial charge on any atom is -0.383 e. The van der Waals surface area contributed by atoms with Crippen LogP contribution >= 0.6 is 0 Å². The number of fused-ring (bicyclic) bond motifs is 1. The maximum atomic E-state index is 13.0. The Hall–Kier alpha value is -1.96. The summed E-state index contributed by atoms with van der Waals surface area (Å²) in [6, 6.07) is -0.217. The lowest BCUT2D eigenvalue weighted by Crippen LogP contribution is -2.47. The minimum absolute atomic E-state index is 0.00301. The zero-order chi connectivity index (χ0) is 17.3. The number of hydrogen-bond donors (Lipinski definition) is 1. The quantitative estimate of drug-likeness (QED) is 0.810. The highest BCUT2D eigenvalue weighted by atomic mass is 19.1. The van der Waals surface area contributed by atoms with Gasteiger partial charge >= 0.3 is 0 Å². The highest BCUT2D eigenvalue weighted by Crippen LogP contribution is 2.35. The van der Waals surface area contributed by atoms with Gasteiger partial charge in [-0.15, -0.1) is 0 Å². The Labute approximate surface area is 140 Å². The second-order valence-corrected chi connectivity index (χ2v) is 6.40.